The molecule has 12 heteroatoms. The van der Waals surface area contributed by atoms with Crippen molar-refractivity contribution >= 4 is 34.3 Å². The van der Waals surface area contributed by atoms with Crippen molar-refractivity contribution in [3.8, 4) is 17.8 Å². The number of carbonyl (C=O) groups is 2. The number of likely N-dealkylation sites (N-methyl/N-ethyl adjacent to an activating group) is 1. The zero-order valence-electron chi connectivity index (χ0n) is 31.1. The molecule has 1 amide bonds. The highest BCUT2D eigenvalue weighted by atomic mass is 16.6. The van der Waals surface area contributed by atoms with Crippen LogP contribution < -0.4 is 19.3 Å². The van der Waals surface area contributed by atoms with E-state index in [9.17, 15) is 14.9 Å². The molecule has 1 aromatic heterocycles. The fourth-order valence-corrected chi connectivity index (χ4v) is 7.01. The van der Waals surface area contributed by atoms with Crippen molar-refractivity contribution in [3.05, 3.63) is 47.7 Å². The number of carbonyl (C=O) groups excluding carboxylic acids is 2. The molecule has 272 valence electrons. The molecule has 2 aromatic carbocycles. The van der Waals surface area contributed by atoms with E-state index in [-0.39, 0.29) is 18.4 Å². The number of nitrogens with zero attached hydrogens (tertiary/aromatic N) is 7. The highest BCUT2D eigenvalue weighted by Gasteiger charge is 2.36. The Morgan fingerprint density at radius 3 is 2.47 bits per heavy atom. The molecule has 0 aliphatic carbocycles. The minimum absolute atomic E-state index is 0.178. The summed E-state index contributed by atoms with van der Waals surface area (Å²) in [5, 5.41) is 11.8. The predicted molar refractivity (Wildman–Crippen MR) is 196 cm³/mol. The van der Waals surface area contributed by atoms with Gasteiger partial charge in [-0.15, -0.1) is 0 Å². The normalized spacial score (nSPS) is 19.8. The van der Waals surface area contributed by atoms with Gasteiger partial charge in [0.2, 0.25) is 0 Å². The first-order chi connectivity index (χ1) is 24.2. The number of esters is 1. The van der Waals surface area contributed by atoms with Crippen LogP contribution in [0.4, 0.5) is 16.3 Å². The number of ether oxygens (including phenoxy) is 3. The molecule has 0 N–H and O–H groups in total. The Balaban J connectivity index is 1.33. The van der Waals surface area contributed by atoms with Gasteiger partial charge in [0.25, 0.3) is 0 Å². The Morgan fingerprint density at radius 1 is 0.980 bits per heavy atom. The molecule has 3 aliphatic rings. The standard InChI is InChI=1S/C39H51N7O5/c1-38(2,3)35(47)50-29-21-26-11-8-9-13-30(26)33(22-29)44-18-15-31-32(24-44)41-36(49-25-28-12-10-17-43(28)7)42-34(31)45-19-20-46(27(23-45)14-16-40)37(48)51-39(4,5)6/h8-9,11,13,21-22,27-28H,10,12,14-15,17-20,23-25H2,1-7H3/t27-,28-/m1/s1. The van der Waals surface area contributed by atoms with Gasteiger partial charge in [-0.05, 0) is 85.8 Å². The van der Waals surface area contributed by atoms with Crippen molar-refractivity contribution in [2.24, 2.45) is 5.41 Å². The van der Waals surface area contributed by atoms with Crippen LogP contribution in [0.25, 0.3) is 10.8 Å². The molecule has 0 bridgehead atoms. The van der Waals surface area contributed by atoms with E-state index in [1.165, 1.54) is 0 Å². The van der Waals surface area contributed by atoms with Crippen LogP contribution in [0.2, 0.25) is 0 Å². The number of hydrogen-bond acceptors (Lipinski definition) is 11. The summed E-state index contributed by atoms with van der Waals surface area (Å²) in [4.78, 5) is 44.5. The highest BCUT2D eigenvalue weighted by molar-refractivity contribution is 5.96. The lowest BCUT2D eigenvalue weighted by Gasteiger charge is -2.42. The van der Waals surface area contributed by atoms with Crippen LogP contribution in [0.1, 0.15) is 72.1 Å². The van der Waals surface area contributed by atoms with Gasteiger partial charge in [-0.1, -0.05) is 24.3 Å². The summed E-state index contributed by atoms with van der Waals surface area (Å²) in [6.07, 6.45) is 2.64. The van der Waals surface area contributed by atoms with Gasteiger partial charge in [-0.2, -0.15) is 15.2 Å². The molecule has 3 aliphatic heterocycles. The third-order valence-corrected chi connectivity index (χ3v) is 9.81. The Labute approximate surface area is 301 Å². The smallest absolute Gasteiger partial charge is 0.410 e. The molecule has 2 atom stereocenters. The Hall–Kier alpha value is -4.63. The summed E-state index contributed by atoms with van der Waals surface area (Å²) < 4.78 is 17.9. The molecule has 0 saturated carbocycles. The molecular weight excluding hydrogens is 646 g/mol. The van der Waals surface area contributed by atoms with Gasteiger partial charge in [0.15, 0.2) is 0 Å². The van der Waals surface area contributed by atoms with Crippen LogP contribution in [-0.4, -0.2) is 95.9 Å². The summed E-state index contributed by atoms with van der Waals surface area (Å²) >= 11 is 0. The number of piperazine rings is 1. The second-order valence-corrected chi connectivity index (χ2v) is 16.0. The van der Waals surface area contributed by atoms with Crippen molar-refractivity contribution in [3.63, 3.8) is 0 Å². The molecule has 2 saturated heterocycles. The number of rotatable bonds is 7. The molecule has 0 spiro atoms. The Kier molecular flexibility index (Phi) is 10.3. The monoisotopic (exact) mass is 697 g/mol. The van der Waals surface area contributed by atoms with Crippen LogP contribution in [0.15, 0.2) is 36.4 Å². The van der Waals surface area contributed by atoms with E-state index >= 15 is 0 Å². The number of aromatic nitrogens is 2. The molecule has 4 heterocycles. The SMILES string of the molecule is CN1CCC[C@@H]1COc1nc2c(c(N3CCN(C(=O)OC(C)(C)C)[C@H](CC#N)C3)n1)CCN(c1cc(OC(=O)C(C)(C)C)cc3ccccc13)C2. The van der Waals surface area contributed by atoms with Gasteiger partial charge in [0, 0.05) is 54.9 Å². The quantitative estimate of drug-likeness (QED) is 0.215. The third-order valence-electron chi connectivity index (χ3n) is 9.81. The number of fused-ring (bicyclic) bond motifs is 2. The van der Waals surface area contributed by atoms with Crippen molar-refractivity contribution < 1.29 is 23.8 Å². The molecule has 6 rings (SSSR count). The molecule has 51 heavy (non-hydrogen) atoms. The first-order valence-electron chi connectivity index (χ1n) is 18.0. The van der Waals surface area contributed by atoms with Gasteiger partial charge < -0.3 is 33.8 Å². The highest BCUT2D eigenvalue weighted by Crippen LogP contribution is 2.38. The maximum absolute atomic E-state index is 13.2. The molecule has 0 radical (unpaired) electrons. The van der Waals surface area contributed by atoms with E-state index in [0.717, 1.165) is 52.9 Å². The first kappa shape index (κ1) is 36.2. The zero-order chi connectivity index (χ0) is 36.5. The summed E-state index contributed by atoms with van der Waals surface area (Å²) in [6.45, 7) is 15.2. The third kappa shape index (κ3) is 8.30. The lowest BCUT2D eigenvalue weighted by molar-refractivity contribution is -0.142. The van der Waals surface area contributed by atoms with E-state index in [4.69, 9.17) is 24.2 Å². The van der Waals surface area contributed by atoms with Gasteiger partial charge in [-0.3, -0.25) is 4.79 Å². The minimum Gasteiger partial charge on any atom is -0.462 e. The van der Waals surface area contributed by atoms with Gasteiger partial charge in [0.05, 0.1) is 36.2 Å². The molecule has 12 nitrogen and oxygen atoms in total. The van der Waals surface area contributed by atoms with Gasteiger partial charge >= 0.3 is 18.1 Å². The van der Waals surface area contributed by atoms with Gasteiger partial charge in [-0.25, -0.2) is 4.79 Å². The predicted octanol–water partition coefficient (Wildman–Crippen LogP) is 5.96. The fourth-order valence-electron chi connectivity index (χ4n) is 7.01. The molecule has 3 aromatic rings. The number of nitriles is 1. The van der Waals surface area contributed by atoms with Crippen LogP contribution in [-0.2, 0) is 22.5 Å². The van der Waals surface area contributed by atoms with Crippen molar-refractivity contribution in [1.29, 1.82) is 5.26 Å². The van der Waals surface area contributed by atoms with Crippen LogP contribution in [0.5, 0.6) is 11.8 Å². The molecule has 2 fully saturated rings. The minimum atomic E-state index is -0.641. The van der Waals surface area contributed by atoms with E-state index in [1.807, 2.05) is 71.9 Å². The van der Waals surface area contributed by atoms with E-state index in [2.05, 4.69) is 33.9 Å². The Morgan fingerprint density at radius 2 is 1.76 bits per heavy atom. The average Bonchev–Trinajstić information content (AvgIpc) is 3.49. The van der Waals surface area contributed by atoms with Crippen LogP contribution >= 0.6 is 0 Å². The maximum Gasteiger partial charge on any atom is 0.410 e. The summed E-state index contributed by atoms with van der Waals surface area (Å²) in [5.41, 5.74) is 1.59. The number of benzene rings is 2. The van der Waals surface area contributed by atoms with E-state index in [1.54, 1.807) is 4.90 Å². The van der Waals surface area contributed by atoms with Crippen LogP contribution in [0.3, 0.4) is 0 Å². The second kappa shape index (κ2) is 14.5. The second-order valence-electron chi connectivity index (χ2n) is 16.0. The molecular formula is C39H51N7O5. The van der Waals surface area contributed by atoms with Crippen molar-refractivity contribution in [1.82, 2.24) is 19.8 Å². The maximum atomic E-state index is 13.2. The van der Waals surface area contributed by atoms with E-state index in [0.29, 0.717) is 63.6 Å². The number of amides is 1. The lowest BCUT2D eigenvalue weighted by atomic mass is 9.97. The largest absolute Gasteiger partial charge is 0.462 e. The lowest BCUT2D eigenvalue weighted by Crippen LogP contribution is -2.56. The van der Waals surface area contributed by atoms with Gasteiger partial charge in [0.1, 0.15) is 23.8 Å². The average molecular weight is 698 g/mol. The topological polar surface area (TPSA) is 124 Å². The number of likely N-dealkylation sites (tertiary alicyclic amines) is 1. The summed E-state index contributed by atoms with van der Waals surface area (Å²) in [6, 6.07) is 14.5. The van der Waals surface area contributed by atoms with Crippen molar-refractivity contribution in [2.75, 3.05) is 56.2 Å². The summed E-state index contributed by atoms with van der Waals surface area (Å²) in [5.74, 6) is 1.01. The number of hydrogen-bond donors (Lipinski definition) is 0. The molecule has 0 unspecified atom stereocenters. The summed E-state index contributed by atoms with van der Waals surface area (Å²) in [7, 11) is 2.12. The van der Waals surface area contributed by atoms with E-state index < -0.39 is 17.1 Å². The van der Waals surface area contributed by atoms with Crippen LogP contribution in [0, 0.1) is 16.7 Å². The fraction of sp³-hybridized carbons (Fsp3) is 0.564. The Bertz CT molecular complexity index is 1810. The van der Waals surface area contributed by atoms with Crippen molar-refractivity contribution in [2.45, 2.75) is 91.5 Å². The zero-order valence-corrected chi connectivity index (χ0v) is 31.1. The number of anilines is 2. The first-order valence-corrected chi connectivity index (χ1v) is 18.0.